The number of nitrogens with one attached hydrogen (secondary N) is 1. The molecule has 0 saturated carbocycles. The summed E-state index contributed by atoms with van der Waals surface area (Å²) in [7, 11) is 1.30. The molecular weight excluding hydrogens is 380 g/mol. The van der Waals surface area contributed by atoms with E-state index in [-0.39, 0.29) is 23.7 Å². The van der Waals surface area contributed by atoms with Crippen molar-refractivity contribution in [3.63, 3.8) is 0 Å². The number of carbonyl (C=O) groups is 1. The molecule has 150 valence electrons. The molecule has 0 aliphatic carbocycles. The highest BCUT2D eigenvalue weighted by Crippen LogP contribution is 2.28. The second kappa shape index (κ2) is 9.39. The Kier molecular flexibility index (Phi) is 6.96. The van der Waals surface area contributed by atoms with Crippen LogP contribution in [0.2, 0.25) is 0 Å². The maximum Gasteiger partial charge on any atom is 0.387 e. The molecule has 1 heterocycles. The van der Waals surface area contributed by atoms with Crippen molar-refractivity contribution >= 4 is 17.8 Å². The molecule has 10 nitrogen and oxygen atoms in total. The largest absolute Gasteiger partial charge is 0.493 e. The van der Waals surface area contributed by atoms with E-state index in [1.54, 1.807) is 6.92 Å². The lowest BCUT2D eigenvalue weighted by molar-refractivity contribution is -0.385. The lowest BCUT2D eigenvalue weighted by Crippen LogP contribution is -2.28. The molecule has 0 spiro atoms. The maximum absolute atomic E-state index is 12.3. The van der Waals surface area contributed by atoms with Gasteiger partial charge in [-0.25, -0.2) is 5.43 Å². The first kappa shape index (κ1) is 20.7. The van der Waals surface area contributed by atoms with Crippen LogP contribution in [0.1, 0.15) is 12.5 Å². The molecule has 1 aromatic heterocycles. The van der Waals surface area contributed by atoms with E-state index in [9.17, 15) is 23.7 Å². The molecule has 2 rings (SSSR count). The van der Waals surface area contributed by atoms with Crippen LogP contribution in [0.25, 0.3) is 0 Å². The lowest BCUT2D eigenvalue weighted by atomic mass is 10.2. The summed E-state index contributed by atoms with van der Waals surface area (Å²) in [6, 6.07) is 4.17. The van der Waals surface area contributed by atoms with Gasteiger partial charge in [0.25, 0.3) is 0 Å². The Bertz CT molecular complexity index is 871. The van der Waals surface area contributed by atoms with Crippen LogP contribution in [0.15, 0.2) is 35.7 Å². The summed E-state index contributed by atoms with van der Waals surface area (Å²) in [5, 5.41) is 18.2. The fourth-order valence-electron chi connectivity index (χ4n) is 2.15. The second-order valence-corrected chi connectivity index (χ2v) is 5.60. The van der Waals surface area contributed by atoms with E-state index in [2.05, 4.69) is 20.4 Å². The standard InChI is InChI=1S/C16H17F2N5O5/c1-10(8-22-9-12(7-20-22)23(25)26)15(24)21-19-6-11-3-4-13(28-16(17)18)14(5-11)27-2/h3-7,9-10,16H,8H2,1-2H3,(H,21,24). The van der Waals surface area contributed by atoms with E-state index in [1.165, 1.54) is 42.4 Å². The van der Waals surface area contributed by atoms with E-state index in [1.807, 2.05) is 0 Å². The van der Waals surface area contributed by atoms with Gasteiger partial charge in [0.05, 0.1) is 30.7 Å². The van der Waals surface area contributed by atoms with E-state index < -0.39 is 23.4 Å². The van der Waals surface area contributed by atoms with E-state index in [0.29, 0.717) is 5.56 Å². The predicted molar refractivity (Wildman–Crippen MR) is 93.4 cm³/mol. The highest BCUT2D eigenvalue weighted by Gasteiger charge is 2.16. The van der Waals surface area contributed by atoms with Crippen LogP contribution in [0.5, 0.6) is 11.5 Å². The number of nitro groups is 1. The quantitative estimate of drug-likeness (QED) is 0.393. The Morgan fingerprint density at radius 2 is 2.21 bits per heavy atom. The number of benzene rings is 1. The number of hydrazone groups is 1. The van der Waals surface area contributed by atoms with Gasteiger partial charge in [0, 0.05) is 0 Å². The molecule has 0 bridgehead atoms. The second-order valence-electron chi connectivity index (χ2n) is 5.60. The van der Waals surface area contributed by atoms with Crippen molar-refractivity contribution in [3.05, 3.63) is 46.3 Å². The molecule has 1 amide bonds. The van der Waals surface area contributed by atoms with Crippen molar-refractivity contribution < 1.29 is 28.0 Å². The molecule has 0 aliphatic heterocycles. The van der Waals surface area contributed by atoms with Crippen LogP contribution in [-0.4, -0.2) is 40.5 Å². The average molecular weight is 397 g/mol. The number of alkyl halides is 2. The van der Waals surface area contributed by atoms with Crippen molar-refractivity contribution in [2.75, 3.05) is 7.11 Å². The van der Waals surface area contributed by atoms with Gasteiger partial charge in [0.2, 0.25) is 5.91 Å². The van der Waals surface area contributed by atoms with E-state index in [4.69, 9.17) is 4.74 Å². The van der Waals surface area contributed by atoms with Crippen LogP contribution >= 0.6 is 0 Å². The number of amides is 1. The number of methoxy groups -OCH3 is 1. The Balaban J connectivity index is 1.93. The summed E-state index contributed by atoms with van der Waals surface area (Å²) in [4.78, 5) is 22.1. The van der Waals surface area contributed by atoms with Gasteiger partial charge >= 0.3 is 12.3 Å². The average Bonchev–Trinajstić information content (AvgIpc) is 3.11. The van der Waals surface area contributed by atoms with Gasteiger partial charge in [-0.2, -0.15) is 19.0 Å². The summed E-state index contributed by atoms with van der Waals surface area (Å²) >= 11 is 0. The molecule has 2 aromatic rings. The Hall–Kier alpha value is -3.57. The molecule has 1 N–H and O–H groups in total. The fraction of sp³-hybridized carbons (Fsp3) is 0.312. The molecule has 0 radical (unpaired) electrons. The summed E-state index contributed by atoms with van der Waals surface area (Å²) in [6.07, 6.45) is 3.62. The van der Waals surface area contributed by atoms with Crippen molar-refractivity contribution in [1.82, 2.24) is 15.2 Å². The van der Waals surface area contributed by atoms with Gasteiger partial charge < -0.3 is 9.47 Å². The zero-order valence-electron chi connectivity index (χ0n) is 14.9. The van der Waals surface area contributed by atoms with Gasteiger partial charge in [-0.3, -0.25) is 19.6 Å². The maximum atomic E-state index is 12.3. The summed E-state index contributed by atoms with van der Waals surface area (Å²) < 4.78 is 35.2. The molecule has 1 aromatic carbocycles. The number of rotatable bonds is 9. The van der Waals surface area contributed by atoms with Crippen molar-refractivity contribution in [1.29, 1.82) is 0 Å². The molecular formula is C16H17F2N5O5. The molecule has 1 atom stereocenters. The summed E-state index contributed by atoms with van der Waals surface area (Å²) in [6.45, 7) is -1.24. The van der Waals surface area contributed by atoms with Crippen LogP contribution in [0, 0.1) is 16.0 Å². The van der Waals surface area contributed by atoms with Crippen LogP contribution in [0.4, 0.5) is 14.5 Å². The zero-order valence-corrected chi connectivity index (χ0v) is 14.9. The first-order valence-electron chi connectivity index (χ1n) is 7.92. The highest BCUT2D eigenvalue weighted by atomic mass is 19.3. The third kappa shape index (κ3) is 5.72. The van der Waals surface area contributed by atoms with Gasteiger partial charge in [0.15, 0.2) is 11.5 Å². The normalized spacial score (nSPS) is 12.2. The fourth-order valence-corrected chi connectivity index (χ4v) is 2.15. The SMILES string of the molecule is COc1cc(C=NNC(=O)C(C)Cn2cc([N+](=O)[O-])cn2)ccc1OC(F)F. The lowest BCUT2D eigenvalue weighted by Gasteiger charge is -2.10. The van der Waals surface area contributed by atoms with Crippen LogP contribution in [0.3, 0.4) is 0 Å². The minimum absolute atomic E-state index is 0.0872. The van der Waals surface area contributed by atoms with Gasteiger partial charge in [-0.1, -0.05) is 6.92 Å². The topological polar surface area (TPSA) is 121 Å². The van der Waals surface area contributed by atoms with Crippen LogP contribution < -0.4 is 14.9 Å². The molecule has 0 saturated heterocycles. The predicted octanol–water partition coefficient (Wildman–Crippen LogP) is 2.19. The van der Waals surface area contributed by atoms with Gasteiger partial charge in [0.1, 0.15) is 12.4 Å². The first-order chi connectivity index (χ1) is 13.3. The smallest absolute Gasteiger partial charge is 0.387 e. The monoisotopic (exact) mass is 397 g/mol. The minimum atomic E-state index is -2.98. The minimum Gasteiger partial charge on any atom is -0.493 e. The van der Waals surface area contributed by atoms with Crippen LogP contribution in [-0.2, 0) is 11.3 Å². The third-order valence-electron chi connectivity index (χ3n) is 3.53. The zero-order chi connectivity index (χ0) is 20.7. The molecule has 0 aliphatic rings. The van der Waals surface area contributed by atoms with Gasteiger partial charge in [-0.15, -0.1) is 0 Å². The van der Waals surface area contributed by atoms with Gasteiger partial charge in [-0.05, 0) is 23.8 Å². The van der Waals surface area contributed by atoms with Crippen molar-refractivity contribution in [2.45, 2.75) is 20.1 Å². The molecule has 28 heavy (non-hydrogen) atoms. The van der Waals surface area contributed by atoms with Crippen molar-refractivity contribution in [2.24, 2.45) is 11.0 Å². The highest BCUT2D eigenvalue weighted by molar-refractivity contribution is 5.83. The number of carbonyl (C=O) groups excluding carboxylic acids is 1. The molecule has 0 fully saturated rings. The van der Waals surface area contributed by atoms with E-state index >= 15 is 0 Å². The Morgan fingerprint density at radius 3 is 2.82 bits per heavy atom. The third-order valence-corrected chi connectivity index (χ3v) is 3.53. The number of nitrogens with zero attached hydrogens (tertiary/aromatic N) is 4. The number of aromatic nitrogens is 2. The summed E-state index contributed by atoms with van der Waals surface area (Å²) in [5.74, 6) is -1.03. The molecule has 1 unspecified atom stereocenters. The van der Waals surface area contributed by atoms with E-state index in [0.717, 1.165) is 6.20 Å². The number of hydrogen-bond acceptors (Lipinski definition) is 7. The van der Waals surface area contributed by atoms with Crippen molar-refractivity contribution in [3.8, 4) is 11.5 Å². The Labute approximate surface area is 157 Å². The Morgan fingerprint density at radius 1 is 1.46 bits per heavy atom. The first-order valence-corrected chi connectivity index (χ1v) is 7.92. The number of ether oxygens (including phenoxy) is 2. The number of halogens is 2. The molecule has 12 heteroatoms. The number of hydrogen-bond donors (Lipinski definition) is 1. The summed E-state index contributed by atoms with van der Waals surface area (Å²) in [5.41, 5.74) is 2.64.